The maximum atomic E-state index is 10.9. The van der Waals surface area contributed by atoms with Crippen molar-refractivity contribution in [1.82, 2.24) is 9.97 Å². The molecule has 0 aliphatic heterocycles. The minimum atomic E-state index is -0.652. The van der Waals surface area contributed by atoms with Gasteiger partial charge in [0, 0.05) is 18.3 Å². The molecule has 0 aromatic carbocycles. The Balaban J connectivity index is 2.28. The predicted octanol–water partition coefficient (Wildman–Crippen LogP) is 1.93. The molecule has 1 radical (unpaired) electrons. The fraction of sp³-hybridized carbons (Fsp3) is 0. The second-order valence-corrected chi connectivity index (χ2v) is 3.79. The van der Waals surface area contributed by atoms with E-state index in [4.69, 9.17) is 10.5 Å². The Kier molecular flexibility index (Phi) is 3.34. The third kappa shape index (κ3) is 2.79. The van der Waals surface area contributed by atoms with Crippen LogP contribution < -0.4 is 10.5 Å². The number of pyridine rings is 2. The van der Waals surface area contributed by atoms with Crippen molar-refractivity contribution >= 4 is 21.8 Å². The lowest BCUT2D eigenvalue weighted by molar-refractivity contribution is 0.0994. The first kappa shape index (κ1) is 11.5. The van der Waals surface area contributed by atoms with Gasteiger partial charge in [0.25, 0.3) is 5.91 Å². The zero-order valence-electron chi connectivity index (χ0n) is 8.55. The van der Waals surface area contributed by atoms with Gasteiger partial charge in [0.1, 0.15) is 10.3 Å². The van der Waals surface area contributed by atoms with Crippen molar-refractivity contribution in [1.29, 1.82) is 0 Å². The van der Waals surface area contributed by atoms with Gasteiger partial charge in [0.2, 0.25) is 5.88 Å². The highest BCUT2D eigenvalue weighted by molar-refractivity contribution is 9.10. The van der Waals surface area contributed by atoms with E-state index in [9.17, 15) is 4.79 Å². The summed E-state index contributed by atoms with van der Waals surface area (Å²) in [7, 11) is 0. The Morgan fingerprint density at radius 2 is 2.29 bits per heavy atom. The van der Waals surface area contributed by atoms with Crippen molar-refractivity contribution in [3.05, 3.63) is 46.8 Å². The smallest absolute Gasteiger partial charge is 0.268 e. The van der Waals surface area contributed by atoms with Crippen LogP contribution in [0.1, 0.15) is 10.5 Å². The molecular weight excluding hydrogens is 286 g/mol. The largest absolute Gasteiger partial charge is 0.436 e. The molecule has 2 rings (SSSR count). The second-order valence-electron chi connectivity index (χ2n) is 3.03. The molecule has 0 saturated heterocycles. The molecule has 0 fully saturated rings. The molecule has 5 nitrogen and oxygen atoms in total. The second kappa shape index (κ2) is 4.92. The van der Waals surface area contributed by atoms with E-state index >= 15 is 0 Å². The summed E-state index contributed by atoms with van der Waals surface area (Å²) in [6.07, 6.45) is 1.62. The molecule has 2 N–H and O–H groups in total. The number of nitrogens with two attached hydrogens (primary N) is 1. The van der Waals surface area contributed by atoms with Crippen LogP contribution in [-0.4, -0.2) is 15.9 Å². The minimum absolute atomic E-state index is 0.0301. The number of ether oxygens (including phenoxy) is 1. The van der Waals surface area contributed by atoms with Crippen LogP contribution in [0.15, 0.2) is 35.1 Å². The minimum Gasteiger partial charge on any atom is -0.436 e. The van der Waals surface area contributed by atoms with Gasteiger partial charge >= 0.3 is 0 Å². The third-order valence-corrected chi connectivity index (χ3v) is 2.44. The van der Waals surface area contributed by atoms with Gasteiger partial charge in [-0.3, -0.25) is 4.79 Å². The van der Waals surface area contributed by atoms with Crippen molar-refractivity contribution in [3.63, 3.8) is 0 Å². The fourth-order valence-corrected chi connectivity index (χ4v) is 1.45. The molecule has 6 heteroatoms. The van der Waals surface area contributed by atoms with E-state index in [0.717, 1.165) is 0 Å². The van der Waals surface area contributed by atoms with Gasteiger partial charge in [-0.15, -0.1) is 0 Å². The molecule has 0 aliphatic carbocycles. The van der Waals surface area contributed by atoms with Gasteiger partial charge in [-0.25, -0.2) is 9.97 Å². The lowest BCUT2D eigenvalue weighted by Gasteiger charge is -2.05. The van der Waals surface area contributed by atoms with Crippen LogP contribution in [-0.2, 0) is 0 Å². The highest BCUT2D eigenvalue weighted by Crippen LogP contribution is 2.26. The van der Waals surface area contributed by atoms with Crippen molar-refractivity contribution in [2.24, 2.45) is 5.73 Å². The molecular formula is C11H7BrN3O2. The topological polar surface area (TPSA) is 78.1 Å². The quantitative estimate of drug-likeness (QED) is 0.877. The molecule has 0 aliphatic rings. The van der Waals surface area contributed by atoms with E-state index in [1.165, 1.54) is 6.07 Å². The summed E-state index contributed by atoms with van der Waals surface area (Å²) in [6.45, 7) is 0. The first-order valence-electron chi connectivity index (χ1n) is 4.64. The van der Waals surface area contributed by atoms with Crippen molar-refractivity contribution < 1.29 is 9.53 Å². The number of halogens is 1. The van der Waals surface area contributed by atoms with Crippen molar-refractivity contribution in [3.8, 4) is 11.6 Å². The predicted molar refractivity (Wildman–Crippen MR) is 63.6 cm³/mol. The van der Waals surface area contributed by atoms with Gasteiger partial charge in [-0.1, -0.05) is 0 Å². The van der Waals surface area contributed by atoms with E-state index in [0.29, 0.717) is 10.4 Å². The van der Waals surface area contributed by atoms with E-state index in [-0.39, 0.29) is 11.6 Å². The number of nitrogens with zero attached hydrogens (tertiary/aromatic N) is 2. The third-order valence-electron chi connectivity index (χ3n) is 1.84. The van der Waals surface area contributed by atoms with Crippen LogP contribution in [0.3, 0.4) is 0 Å². The molecule has 0 bridgehead atoms. The summed E-state index contributed by atoms with van der Waals surface area (Å²) in [5.41, 5.74) is 5.13. The molecule has 2 heterocycles. The molecule has 0 spiro atoms. The Morgan fingerprint density at radius 3 is 3.00 bits per heavy atom. The molecule has 0 unspecified atom stereocenters. The van der Waals surface area contributed by atoms with Crippen LogP contribution in [0.5, 0.6) is 11.6 Å². The van der Waals surface area contributed by atoms with E-state index in [1.54, 1.807) is 24.4 Å². The maximum Gasteiger partial charge on any atom is 0.268 e. The first-order chi connectivity index (χ1) is 8.16. The lowest BCUT2D eigenvalue weighted by atomic mass is 10.3. The molecule has 1 amide bonds. The Labute approximate surface area is 106 Å². The average molecular weight is 293 g/mol. The fourth-order valence-electron chi connectivity index (χ4n) is 1.11. The Bertz CT molecular complexity index is 560. The SMILES string of the molecule is NC(=O)c1[c]ccc(Oc2cccnc2Br)n1. The highest BCUT2D eigenvalue weighted by atomic mass is 79.9. The molecule has 2 aromatic rings. The summed E-state index contributed by atoms with van der Waals surface area (Å²) in [5, 5.41) is 0. The highest BCUT2D eigenvalue weighted by Gasteiger charge is 2.07. The van der Waals surface area contributed by atoms with Gasteiger partial charge in [-0.2, -0.15) is 0 Å². The van der Waals surface area contributed by atoms with Crippen molar-refractivity contribution in [2.45, 2.75) is 0 Å². The monoisotopic (exact) mass is 292 g/mol. The molecule has 0 saturated carbocycles. The number of amides is 1. The lowest BCUT2D eigenvalue weighted by Crippen LogP contribution is -2.13. The maximum absolute atomic E-state index is 10.9. The van der Waals surface area contributed by atoms with Gasteiger partial charge < -0.3 is 10.5 Å². The number of rotatable bonds is 3. The van der Waals surface area contributed by atoms with E-state index in [2.05, 4.69) is 32.0 Å². The van der Waals surface area contributed by atoms with Gasteiger partial charge in [0.15, 0.2) is 5.75 Å². The number of hydrogen-bond acceptors (Lipinski definition) is 4. The first-order valence-corrected chi connectivity index (χ1v) is 5.43. The van der Waals surface area contributed by atoms with Gasteiger partial charge in [-0.05, 0) is 34.1 Å². The number of aromatic nitrogens is 2. The summed E-state index contributed by atoms with van der Waals surface area (Å²) in [4.78, 5) is 18.8. The number of primary amides is 1. The summed E-state index contributed by atoms with van der Waals surface area (Å²) >= 11 is 3.24. The average Bonchev–Trinajstić information content (AvgIpc) is 2.32. The summed E-state index contributed by atoms with van der Waals surface area (Å²) in [6, 6.07) is 9.16. The van der Waals surface area contributed by atoms with E-state index < -0.39 is 5.91 Å². The molecule has 85 valence electrons. The Morgan fingerprint density at radius 1 is 1.47 bits per heavy atom. The summed E-state index contributed by atoms with van der Waals surface area (Å²) in [5.74, 6) is 0.105. The number of carbonyl (C=O) groups excluding carboxylic acids is 1. The normalized spacial score (nSPS) is 9.94. The summed E-state index contributed by atoms with van der Waals surface area (Å²) < 4.78 is 6.00. The van der Waals surface area contributed by atoms with Crippen LogP contribution >= 0.6 is 15.9 Å². The molecule has 17 heavy (non-hydrogen) atoms. The Hall–Kier alpha value is -1.95. The van der Waals surface area contributed by atoms with E-state index in [1.807, 2.05) is 0 Å². The number of carbonyl (C=O) groups is 1. The zero-order valence-corrected chi connectivity index (χ0v) is 10.1. The van der Waals surface area contributed by atoms with Gasteiger partial charge in [0.05, 0.1) is 0 Å². The molecule has 0 atom stereocenters. The van der Waals surface area contributed by atoms with Crippen molar-refractivity contribution in [2.75, 3.05) is 0 Å². The number of hydrogen-bond donors (Lipinski definition) is 1. The van der Waals surface area contributed by atoms with Crippen LogP contribution in [0.2, 0.25) is 0 Å². The van der Waals surface area contributed by atoms with Crippen LogP contribution in [0, 0.1) is 6.07 Å². The zero-order chi connectivity index (χ0) is 12.3. The van der Waals surface area contributed by atoms with Crippen LogP contribution in [0.4, 0.5) is 0 Å². The standard InChI is InChI=1S/C11H7BrN3O2/c12-10-8(4-2-6-14-10)17-9-5-1-3-7(15-9)11(13)16/h1-2,4-6H,(H2,13,16). The van der Waals surface area contributed by atoms with Crippen LogP contribution in [0.25, 0.3) is 0 Å². The molecule has 2 aromatic heterocycles.